The fraction of sp³-hybridized carbons (Fsp3) is 0.423. The van der Waals surface area contributed by atoms with Crippen LogP contribution in [0.3, 0.4) is 0 Å². The molecule has 3 N–H and O–H groups in total. The third-order valence-corrected chi connectivity index (χ3v) is 7.63. The highest BCUT2D eigenvalue weighted by Crippen LogP contribution is 2.35. The Morgan fingerprint density at radius 3 is 2.81 bits per heavy atom. The molecule has 1 saturated heterocycles. The van der Waals surface area contributed by atoms with Crippen LogP contribution in [0, 0.1) is 5.92 Å². The summed E-state index contributed by atoms with van der Waals surface area (Å²) in [6, 6.07) is 7.59. The number of urea groups is 1. The van der Waals surface area contributed by atoms with Crippen LogP contribution >= 0.6 is 0 Å². The fourth-order valence-corrected chi connectivity index (χ4v) is 5.52. The van der Waals surface area contributed by atoms with E-state index in [1.807, 2.05) is 27.7 Å². The molecule has 0 spiro atoms. The molecule has 190 valence electrons. The zero-order valence-corrected chi connectivity index (χ0v) is 20.4. The molecule has 1 unspecified atom stereocenters. The van der Waals surface area contributed by atoms with Crippen LogP contribution in [0.1, 0.15) is 36.2 Å². The van der Waals surface area contributed by atoms with Crippen molar-refractivity contribution in [3.8, 4) is 23.0 Å². The van der Waals surface area contributed by atoms with Crippen molar-refractivity contribution in [3.63, 3.8) is 0 Å². The van der Waals surface area contributed by atoms with E-state index in [-0.39, 0.29) is 17.9 Å². The Morgan fingerprint density at radius 2 is 1.97 bits per heavy atom. The number of primary amides is 1. The van der Waals surface area contributed by atoms with Crippen LogP contribution in [-0.2, 0) is 24.3 Å². The summed E-state index contributed by atoms with van der Waals surface area (Å²) in [5, 5.41) is 3.42. The molecule has 0 radical (unpaired) electrons. The molecular weight excluding hydrogens is 472 g/mol. The van der Waals surface area contributed by atoms with E-state index in [1.54, 1.807) is 11.1 Å². The molecule has 0 bridgehead atoms. The largest absolute Gasteiger partial charge is 0.493 e. The fourth-order valence-electron chi connectivity index (χ4n) is 5.52. The van der Waals surface area contributed by atoms with Gasteiger partial charge in [-0.1, -0.05) is 0 Å². The SMILES string of the molecule is NC(=O)N1Cc2nc(-c3ccc4c(c3)CCO4)n(-c3ccnc(NC4CCN(C(=O)C5CC5)C4)n3)c2C1. The molecule has 3 aromatic rings. The Labute approximate surface area is 213 Å². The van der Waals surface area contributed by atoms with Crippen molar-refractivity contribution in [1.29, 1.82) is 0 Å². The van der Waals surface area contributed by atoms with E-state index in [0.29, 0.717) is 38.0 Å². The molecular formula is C26H28N8O3. The lowest BCUT2D eigenvalue weighted by Crippen LogP contribution is -2.32. The highest BCUT2D eigenvalue weighted by molar-refractivity contribution is 5.81. The number of carbonyl (C=O) groups excluding carboxylic acids is 2. The van der Waals surface area contributed by atoms with Gasteiger partial charge in [0.15, 0.2) is 0 Å². The van der Waals surface area contributed by atoms with E-state index in [9.17, 15) is 9.59 Å². The van der Waals surface area contributed by atoms with Gasteiger partial charge in [0.25, 0.3) is 0 Å². The molecule has 1 aromatic carbocycles. The lowest BCUT2D eigenvalue weighted by Gasteiger charge is -2.18. The van der Waals surface area contributed by atoms with Crippen molar-refractivity contribution in [2.75, 3.05) is 25.0 Å². The van der Waals surface area contributed by atoms with E-state index >= 15 is 0 Å². The number of amides is 3. The van der Waals surface area contributed by atoms with Gasteiger partial charge in [-0.05, 0) is 49.1 Å². The van der Waals surface area contributed by atoms with Gasteiger partial charge >= 0.3 is 6.03 Å². The number of benzene rings is 1. The van der Waals surface area contributed by atoms with Crippen molar-refractivity contribution < 1.29 is 14.3 Å². The Kier molecular flexibility index (Phi) is 5.05. The quantitative estimate of drug-likeness (QED) is 0.548. The van der Waals surface area contributed by atoms with Crippen LogP contribution in [0.4, 0.5) is 10.7 Å². The molecule has 2 aromatic heterocycles. The van der Waals surface area contributed by atoms with Gasteiger partial charge in [-0.2, -0.15) is 4.98 Å². The minimum absolute atomic E-state index is 0.105. The first-order valence-corrected chi connectivity index (χ1v) is 12.8. The topological polar surface area (TPSA) is 132 Å². The lowest BCUT2D eigenvalue weighted by molar-refractivity contribution is -0.131. The lowest BCUT2D eigenvalue weighted by atomic mass is 10.1. The summed E-state index contributed by atoms with van der Waals surface area (Å²) in [6.07, 6.45) is 5.48. The smallest absolute Gasteiger partial charge is 0.315 e. The number of hydrogen-bond donors (Lipinski definition) is 2. The molecule has 11 heteroatoms. The molecule has 1 saturated carbocycles. The maximum atomic E-state index is 12.5. The number of nitrogens with one attached hydrogen (secondary N) is 1. The van der Waals surface area contributed by atoms with Crippen LogP contribution in [0.5, 0.6) is 5.75 Å². The second-order valence-electron chi connectivity index (χ2n) is 10.2. The van der Waals surface area contributed by atoms with Gasteiger partial charge in [0, 0.05) is 43.2 Å². The van der Waals surface area contributed by atoms with Crippen molar-refractivity contribution in [1.82, 2.24) is 29.3 Å². The van der Waals surface area contributed by atoms with Crippen molar-refractivity contribution in [2.45, 2.75) is 44.8 Å². The second-order valence-corrected chi connectivity index (χ2v) is 10.2. The van der Waals surface area contributed by atoms with Gasteiger partial charge in [0.05, 0.1) is 31.1 Å². The Balaban J connectivity index is 1.21. The average Bonchev–Trinajstić information content (AvgIpc) is 3.23. The normalized spacial score (nSPS) is 20.1. The van der Waals surface area contributed by atoms with Crippen LogP contribution in [0.25, 0.3) is 17.2 Å². The molecule has 37 heavy (non-hydrogen) atoms. The highest BCUT2D eigenvalue weighted by atomic mass is 16.5. The van der Waals surface area contributed by atoms with Gasteiger partial charge < -0.3 is 25.6 Å². The van der Waals surface area contributed by atoms with Crippen LogP contribution < -0.4 is 15.8 Å². The van der Waals surface area contributed by atoms with E-state index in [1.165, 1.54) is 0 Å². The van der Waals surface area contributed by atoms with Gasteiger partial charge in [-0.3, -0.25) is 9.36 Å². The molecule has 1 atom stereocenters. The molecule has 4 aliphatic rings. The molecule has 3 aliphatic heterocycles. The second kappa shape index (κ2) is 8.46. The first-order valence-electron chi connectivity index (χ1n) is 12.8. The van der Waals surface area contributed by atoms with Gasteiger partial charge in [-0.15, -0.1) is 0 Å². The zero-order valence-electron chi connectivity index (χ0n) is 20.4. The number of fused-ring (bicyclic) bond motifs is 2. The number of nitrogens with two attached hydrogens (primary N) is 1. The summed E-state index contributed by atoms with van der Waals surface area (Å²) in [6.45, 7) is 2.83. The Morgan fingerprint density at radius 1 is 1.08 bits per heavy atom. The number of carbonyl (C=O) groups is 2. The monoisotopic (exact) mass is 500 g/mol. The summed E-state index contributed by atoms with van der Waals surface area (Å²) in [4.78, 5) is 42.1. The number of ether oxygens (including phenoxy) is 1. The maximum Gasteiger partial charge on any atom is 0.315 e. The zero-order chi connectivity index (χ0) is 25.1. The molecule has 11 nitrogen and oxygen atoms in total. The van der Waals surface area contributed by atoms with Gasteiger partial charge in [-0.25, -0.2) is 14.8 Å². The predicted octanol–water partition coefficient (Wildman–Crippen LogP) is 2.08. The molecule has 1 aliphatic carbocycles. The number of rotatable bonds is 5. The number of imidazole rings is 1. The van der Waals surface area contributed by atoms with Gasteiger partial charge in [0.1, 0.15) is 17.4 Å². The maximum absolute atomic E-state index is 12.5. The summed E-state index contributed by atoms with van der Waals surface area (Å²) in [7, 11) is 0. The van der Waals surface area contributed by atoms with Gasteiger partial charge in [0.2, 0.25) is 11.9 Å². The first kappa shape index (κ1) is 22.1. The first-order chi connectivity index (χ1) is 18.0. The number of aromatic nitrogens is 4. The van der Waals surface area contributed by atoms with Crippen molar-refractivity contribution in [3.05, 3.63) is 47.4 Å². The van der Waals surface area contributed by atoms with E-state index in [0.717, 1.165) is 66.3 Å². The number of nitrogens with zero attached hydrogens (tertiary/aromatic N) is 6. The van der Waals surface area contributed by atoms with Crippen molar-refractivity contribution in [2.24, 2.45) is 11.7 Å². The molecule has 2 fully saturated rings. The molecule has 7 rings (SSSR count). The molecule has 3 amide bonds. The van der Waals surface area contributed by atoms with Crippen LogP contribution in [0.2, 0.25) is 0 Å². The molecule has 5 heterocycles. The third-order valence-electron chi connectivity index (χ3n) is 7.63. The number of anilines is 1. The van der Waals surface area contributed by atoms with Crippen molar-refractivity contribution >= 4 is 17.9 Å². The van der Waals surface area contributed by atoms with E-state index in [2.05, 4.69) is 16.4 Å². The van der Waals surface area contributed by atoms with E-state index in [4.69, 9.17) is 20.4 Å². The summed E-state index contributed by atoms with van der Waals surface area (Å²) in [5.41, 5.74) is 9.39. The van der Waals surface area contributed by atoms with Crippen LogP contribution in [0.15, 0.2) is 30.5 Å². The third kappa shape index (κ3) is 3.94. The van der Waals surface area contributed by atoms with Crippen LogP contribution in [-0.4, -0.2) is 67.0 Å². The average molecular weight is 501 g/mol. The number of likely N-dealkylation sites (tertiary alicyclic amines) is 1. The predicted molar refractivity (Wildman–Crippen MR) is 134 cm³/mol. The van der Waals surface area contributed by atoms with E-state index < -0.39 is 6.03 Å². The minimum atomic E-state index is -0.475. The minimum Gasteiger partial charge on any atom is -0.493 e. The standard InChI is InChI=1S/C26H28N8O3/c27-25(36)33-13-19-20(14-33)34(23(30-19)17-3-4-21-16(11-17)7-10-37-21)22-5-8-28-26(31-22)29-18-6-9-32(12-18)24(35)15-1-2-15/h3-5,8,11,15,18H,1-2,6-7,9-10,12-14H2,(H2,27,36)(H,28,29,31). The highest BCUT2D eigenvalue weighted by Gasteiger charge is 2.37. The summed E-state index contributed by atoms with van der Waals surface area (Å²) < 4.78 is 7.69. The summed E-state index contributed by atoms with van der Waals surface area (Å²) in [5.74, 6) is 3.34. The summed E-state index contributed by atoms with van der Waals surface area (Å²) >= 11 is 0. The number of hydrogen-bond acceptors (Lipinski definition) is 7. The Bertz CT molecular complexity index is 1410. The Hall–Kier alpha value is -4.15.